The molecule has 0 aliphatic carbocycles. The normalized spacial score (nSPS) is 24.7. The maximum absolute atomic E-state index is 12.7. The Labute approximate surface area is 158 Å². The van der Waals surface area contributed by atoms with Gasteiger partial charge in [-0.05, 0) is 13.8 Å². The number of hydrogen-bond donors (Lipinski definition) is 1. The third kappa shape index (κ3) is 6.57. The molecule has 11 heteroatoms. The number of carbonyl (C=O) groups excluding carboxylic acids is 3. The molecule has 156 valence electrons. The number of esters is 2. The maximum atomic E-state index is 12.7. The van der Waals surface area contributed by atoms with Gasteiger partial charge in [0.25, 0.3) is 0 Å². The third-order valence-electron chi connectivity index (χ3n) is 3.95. The van der Waals surface area contributed by atoms with Crippen LogP contribution in [0.2, 0.25) is 0 Å². The molecule has 1 aliphatic heterocycles. The summed E-state index contributed by atoms with van der Waals surface area (Å²) in [5, 5.41) is 2.54. The van der Waals surface area contributed by atoms with Gasteiger partial charge in [-0.1, -0.05) is 13.8 Å². The van der Waals surface area contributed by atoms with Crippen molar-refractivity contribution in [3.63, 3.8) is 0 Å². The molecule has 0 aromatic rings. The van der Waals surface area contributed by atoms with Crippen LogP contribution in [0.4, 0.5) is 0 Å². The highest BCUT2D eigenvalue weighted by atomic mass is 31.2. The lowest BCUT2D eigenvalue weighted by Gasteiger charge is -2.39. The first-order valence-corrected chi connectivity index (χ1v) is 9.83. The molecule has 0 radical (unpaired) electrons. The van der Waals surface area contributed by atoms with E-state index in [1.807, 2.05) is 0 Å². The summed E-state index contributed by atoms with van der Waals surface area (Å²) in [6.07, 6.45) is -1.14. The Morgan fingerprint density at radius 3 is 2.41 bits per heavy atom. The predicted molar refractivity (Wildman–Crippen MR) is 93.6 cm³/mol. The van der Waals surface area contributed by atoms with Gasteiger partial charge in [-0.3, -0.25) is 28.0 Å². The Morgan fingerprint density at radius 1 is 1.22 bits per heavy atom. The van der Waals surface area contributed by atoms with Crippen molar-refractivity contribution >= 4 is 25.7 Å². The van der Waals surface area contributed by atoms with Gasteiger partial charge in [0.2, 0.25) is 5.91 Å². The summed E-state index contributed by atoms with van der Waals surface area (Å²) in [5.41, 5.74) is -1.87. The van der Waals surface area contributed by atoms with Gasteiger partial charge < -0.3 is 14.8 Å². The van der Waals surface area contributed by atoms with Gasteiger partial charge in [0.05, 0.1) is 39.3 Å². The Balaban J connectivity index is 2.75. The molecule has 0 aromatic heterocycles. The van der Waals surface area contributed by atoms with Gasteiger partial charge in [0, 0.05) is 12.0 Å². The molecule has 2 atom stereocenters. The molecule has 1 amide bonds. The zero-order chi connectivity index (χ0) is 20.9. The fourth-order valence-corrected chi connectivity index (χ4v) is 3.96. The van der Waals surface area contributed by atoms with Crippen LogP contribution < -0.4 is 5.32 Å². The van der Waals surface area contributed by atoms with Crippen molar-refractivity contribution in [3.8, 4) is 0 Å². The van der Waals surface area contributed by atoms with Gasteiger partial charge in [0.15, 0.2) is 6.10 Å². The monoisotopic (exact) mass is 409 g/mol. The summed E-state index contributed by atoms with van der Waals surface area (Å²) < 4.78 is 37.8. The van der Waals surface area contributed by atoms with Gasteiger partial charge >= 0.3 is 19.8 Å². The van der Waals surface area contributed by atoms with Crippen LogP contribution in [0.5, 0.6) is 0 Å². The second kappa shape index (κ2) is 9.14. The number of carbonyl (C=O) groups is 3. The number of amides is 1. The number of methoxy groups -OCH3 is 2. The molecule has 1 rings (SSSR count). The van der Waals surface area contributed by atoms with Gasteiger partial charge in [-0.15, -0.1) is 0 Å². The molecular formula is C16H28NO9P. The van der Waals surface area contributed by atoms with Gasteiger partial charge in [0.1, 0.15) is 0 Å². The highest BCUT2D eigenvalue weighted by Crippen LogP contribution is 2.57. The lowest BCUT2D eigenvalue weighted by Crippen LogP contribution is -2.50. The lowest BCUT2D eigenvalue weighted by molar-refractivity contribution is -0.154. The standard InChI is InChI=1S/C16H28NO9P/c1-15(2)9-24-27(21,25-10-16(3,4)14(20)23-6)26-12(15)13(19)17-8-7-11(18)22-5/h12H,7-10H2,1-6H3,(H,17,19)/t12-,27+/m0/s1. The van der Waals surface area contributed by atoms with Crippen LogP contribution in [0.15, 0.2) is 0 Å². The molecular weight excluding hydrogens is 381 g/mol. The fraction of sp³-hybridized carbons (Fsp3) is 0.812. The van der Waals surface area contributed by atoms with E-state index in [4.69, 9.17) is 13.6 Å². The van der Waals surface area contributed by atoms with E-state index in [9.17, 15) is 18.9 Å². The topological polar surface area (TPSA) is 126 Å². The average Bonchev–Trinajstić information content (AvgIpc) is 2.61. The summed E-state index contributed by atoms with van der Waals surface area (Å²) in [4.78, 5) is 35.3. The van der Waals surface area contributed by atoms with Crippen LogP contribution in [-0.2, 0) is 42.0 Å². The Hall–Kier alpha value is -1.48. The smallest absolute Gasteiger partial charge is 0.469 e. The number of nitrogens with one attached hydrogen (secondary N) is 1. The van der Waals surface area contributed by atoms with Crippen molar-refractivity contribution in [2.75, 3.05) is 34.0 Å². The van der Waals surface area contributed by atoms with Crippen LogP contribution in [0, 0.1) is 10.8 Å². The molecule has 0 aromatic carbocycles. The van der Waals surface area contributed by atoms with Crippen LogP contribution >= 0.6 is 7.82 Å². The van der Waals surface area contributed by atoms with Crippen molar-refractivity contribution in [2.45, 2.75) is 40.2 Å². The molecule has 0 spiro atoms. The SMILES string of the molecule is COC(=O)CCNC(=O)[C@@H]1O[P@@](=O)(OCC(C)(C)C(=O)OC)OCC1(C)C. The number of hydrogen-bond acceptors (Lipinski definition) is 9. The quantitative estimate of drug-likeness (QED) is 0.468. The lowest BCUT2D eigenvalue weighted by atomic mass is 9.87. The molecule has 0 unspecified atom stereocenters. The minimum atomic E-state index is -4.07. The fourth-order valence-electron chi connectivity index (χ4n) is 2.15. The van der Waals surface area contributed by atoms with Crippen LogP contribution in [0.25, 0.3) is 0 Å². The molecule has 1 aliphatic rings. The number of phosphoric ester groups is 1. The molecule has 27 heavy (non-hydrogen) atoms. The highest BCUT2D eigenvalue weighted by Gasteiger charge is 2.49. The van der Waals surface area contributed by atoms with Crippen molar-refractivity contribution < 1.29 is 42.0 Å². The first-order chi connectivity index (χ1) is 12.4. The molecule has 1 heterocycles. The molecule has 1 fully saturated rings. The summed E-state index contributed by atoms with van der Waals surface area (Å²) in [6.45, 7) is 6.22. The van der Waals surface area contributed by atoms with Crippen LogP contribution in [0.1, 0.15) is 34.1 Å². The largest absolute Gasteiger partial charge is 0.475 e. The van der Waals surface area contributed by atoms with Gasteiger partial charge in [-0.2, -0.15) is 0 Å². The van der Waals surface area contributed by atoms with Gasteiger partial charge in [-0.25, -0.2) is 4.57 Å². The van der Waals surface area contributed by atoms with E-state index in [1.54, 1.807) is 27.7 Å². The van der Waals surface area contributed by atoms with Crippen molar-refractivity contribution in [1.29, 1.82) is 0 Å². The third-order valence-corrected chi connectivity index (χ3v) is 5.31. The predicted octanol–water partition coefficient (Wildman–Crippen LogP) is 1.43. The van der Waals surface area contributed by atoms with E-state index in [0.717, 1.165) is 0 Å². The molecule has 1 N–H and O–H groups in total. The minimum absolute atomic E-state index is 0.00658. The first kappa shape index (κ1) is 23.6. The number of phosphoric acid groups is 1. The van der Waals surface area contributed by atoms with Crippen molar-refractivity contribution in [1.82, 2.24) is 5.32 Å². The minimum Gasteiger partial charge on any atom is -0.469 e. The van der Waals surface area contributed by atoms with Crippen molar-refractivity contribution in [2.24, 2.45) is 10.8 Å². The van der Waals surface area contributed by atoms with Crippen molar-refractivity contribution in [3.05, 3.63) is 0 Å². The van der Waals surface area contributed by atoms with E-state index in [0.29, 0.717) is 0 Å². The molecule has 0 saturated carbocycles. The van der Waals surface area contributed by atoms with E-state index < -0.39 is 42.6 Å². The highest BCUT2D eigenvalue weighted by molar-refractivity contribution is 7.48. The number of rotatable bonds is 8. The summed E-state index contributed by atoms with van der Waals surface area (Å²) in [5.74, 6) is -1.58. The van der Waals surface area contributed by atoms with Crippen LogP contribution in [0.3, 0.4) is 0 Å². The van der Waals surface area contributed by atoms with E-state index >= 15 is 0 Å². The van der Waals surface area contributed by atoms with E-state index in [2.05, 4.69) is 14.8 Å². The summed E-state index contributed by atoms with van der Waals surface area (Å²) in [6, 6.07) is 0. The average molecular weight is 409 g/mol. The van der Waals surface area contributed by atoms with Crippen LogP contribution in [-0.4, -0.2) is 57.9 Å². The maximum Gasteiger partial charge on any atom is 0.475 e. The summed E-state index contributed by atoms with van der Waals surface area (Å²) in [7, 11) is -1.59. The second-order valence-electron chi connectivity index (χ2n) is 7.46. The van der Waals surface area contributed by atoms with E-state index in [1.165, 1.54) is 14.2 Å². The second-order valence-corrected chi connectivity index (χ2v) is 9.08. The van der Waals surface area contributed by atoms with E-state index in [-0.39, 0.29) is 26.2 Å². The molecule has 0 bridgehead atoms. The number of ether oxygens (including phenoxy) is 2. The Kier molecular flexibility index (Phi) is 7.98. The summed E-state index contributed by atoms with van der Waals surface area (Å²) >= 11 is 0. The Bertz CT molecular complexity index is 617. The zero-order valence-corrected chi connectivity index (χ0v) is 17.4. The first-order valence-electron chi connectivity index (χ1n) is 8.37. The molecule has 1 saturated heterocycles. The molecule has 10 nitrogen and oxygen atoms in total. The zero-order valence-electron chi connectivity index (χ0n) is 16.5. The Morgan fingerprint density at radius 2 is 1.85 bits per heavy atom.